The molecule has 0 atom stereocenters. The number of fused-ring (bicyclic) bond motifs is 3. The van der Waals surface area contributed by atoms with Crippen LogP contribution in [0.1, 0.15) is 41.5 Å². The van der Waals surface area contributed by atoms with E-state index in [4.69, 9.17) is 55.3 Å². The Balaban J connectivity index is 0.000000147. The van der Waals surface area contributed by atoms with Crippen molar-refractivity contribution in [3.63, 3.8) is 0 Å². The van der Waals surface area contributed by atoms with Crippen LogP contribution in [-0.4, -0.2) is 68.7 Å². The monoisotopic (exact) mass is 1220 g/mol. The molecule has 11 rings (SSSR count). The Hall–Kier alpha value is -6.85. The lowest BCUT2D eigenvalue weighted by Crippen LogP contribution is -2.34. The molecule has 0 aliphatic carbocycles. The molecule has 5 aromatic carbocycles. The van der Waals surface area contributed by atoms with E-state index in [1.165, 1.54) is 50.3 Å². The first-order valence-corrected chi connectivity index (χ1v) is 27.8. The van der Waals surface area contributed by atoms with Crippen LogP contribution >= 0.6 is 84.7 Å². The standard InChI is InChI=1S/C19H14ClN3OS.C12H11N3S.C9H10BNO2.C8H11BrN2O2S.C7H4Cl2O/c1-23-15-9-5-2-6-12(15)10-16(23)17-11-21-19(25-17)22-18(24)13-7-3-4-8-14(13)20;1-15-9-5-3-2-4-8(9)6-10(15)11-7-14-12(13)16-11;1-11-8-5-3-2-4-7(8)6-9(11)10(12)13;1-8(2,3)13-7(12)11-6-10-4-5(9)14-6;8-6-4-2-1-3-5(6)7(9)10/h2-11H,1H3,(H,21,22,24);2-7H,1H3,(H2,13,14);2-6,12-13H,1H3;4H,1-3H3,(H,10,11,12);1-4H. The lowest BCUT2D eigenvalue weighted by Gasteiger charge is -2.18. The topological polar surface area (TPSA) is 204 Å². The molecule has 0 spiro atoms. The predicted octanol–water partition coefficient (Wildman–Crippen LogP) is 13.9. The number of halogens is 4. The highest BCUT2D eigenvalue weighted by atomic mass is 79.9. The van der Waals surface area contributed by atoms with Crippen molar-refractivity contribution in [2.45, 2.75) is 26.4 Å². The number of rotatable bonds is 7. The summed E-state index contributed by atoms with van der Waals surface area (Å²) in [5, 5.41) is 28.8. The number of carbonyl (C=O) groups excluding carboxylic acids is 3. The molecule has 2 amide bonds. The van der Waals surface area contributed by atoms with Crippen molar-refractivity contribution in [1.29, 1.82) is 0 Å². The van der Waals surface area contributed by atoms with E-state index in [-0.39, 0.29) is 5.91 Å². The third-order valence-corrected chi connectivity index (χ3v) is 15.2. The second-order valence-corrected chi connectivity index (χ2v) is 23.4. The van der Waals surface area contributed by atoms with E-state index in [2.05, 4.69) is 94.1 Å². The molecular formula is C55H50BBrCl3N9O6S3. The molecule has 0 unspecified atom stereocenters. The average molecular weight is 1230 g/mol. The molecule has 0 saturated carbocycles. The summed E-state index contributed by atoms with van der Waals surface area (Å²) >= 11 is 24.4. The number of nitrogens with one attached hydrogen (secondary N) is 2. The Kier molecular flexibility index (Phi) is 20.1. The maximum Gasteiger partial charge on any atom is 0.505 e. The van der Waals surface area contributed by atoms with Gasteiger partial charge in [-0.25, -0.2) is 19.7 Å². The van der Waals surface area contributed by atoms with E-state index in [1.807, 2.05) is 89.6 Å². The van der Waals surface area contributed by atoms with Gasteiger partial charge in [0.25, 0.3) is 11.1 Å². The second kappa shape index (κ2) is 26.7. The number of aryl methyl sites for hydroxylation is 3. The Morgan fingerprint density at radius 1 is 0.615 bits per heavy atom. The summed E-state index contributed by atoms with van der Waals surface area (Å²) in [6, 6.07) is 44.0. The smallest absolute Gasteiger partial charge is 0.444 e. The van der Waals surface area contributed by atoms with Crippen LogP contribution in [0, 0.1) is 0 Å². The van der Waals surface area contributed by atoms with Crippen LogP contribution in [0.2, 0.25) is 10.0 Å². The summed E-state index contributed by atoms with van der Waals surface area (Å²) < 4.78 is 12.0. The molecule has 78 heavy (non-hydrogen) atoms. The second-order valence-electron chi connectivity index (χ2n) is 17.7. The normalized spacial score (nSPS) is 10.8. The van der Waals surface area contributed by atoms with Crippen LogP contribution < -0.4 is 22.0 Å². The molecule has 0 saturated heterocycles. The van der Waals surface area contributed by atoms with E-state index >= 15 is 0 Å². The first-order chi connectivity index (χ1) is 37.2. The Morgan fingerprint density at radius 2 is 1.06 bits per heavy atom. The minimum absolute atomic E-state index is 0.261. The molecule has 15 nitrogen and oxygen atoms in total. The molecule has 6 N–H and O–H groups in total. The zero-order valence-corrected chi connectivity index (χ0v) is 48.9. The third-order valence-electron chi connectivity index (χ3n) is 11.2. The number of benzene rings is 5. The minimum atomic E-state index is -1.41. The summed E-state index contributed by atoms with van der Waals surface area (Å²) in [4.78, 5) is 48.6. The SMILES string of the molecule is CC(C)(C)OC(=O)Nc1ncc(Br)s1.Cn1c(-c2cnc(N)s2)cc2ccccc21.Cn1c(-c2cnc(NC(=O)c3ccccc3Cl)s2)cc2ccccc21.Cn1c(B(O)O)cc2ccccc21.O=C(Cl)c1ccccc1Cl. The Labute approximate surface area is 485 Å². The van der Waals surface area contributed by atoms with Gasteiger partial charge in [-0.3, -0.25) is 20.2 Å². The maximum atomic E-state index is 12.4. The van der Waals surface area contributed by atoms with E-state index in [0.717, 1.165) is 41.3 Å². The molecule has 0 fully saturated rings. The number of nitrogens with two attached hydrogens (primary N) is 1. The van der Waals surface area contributed by atoms with Crippen molar-refractivity contribution in [1.82, 2.24) is 28.7 Å². The van der Waals surface area contributed by atoms with Crippen molar-refractivity contribution < 1.29 is 29.2 Å². The number of nitrogen functional groups attached to an aromatic ring is 1. The molecule has 0 aliphatic rings. The van der Waals surface area contributed by atoms with E-state index in [9.17, 15) is 14.4 Å². The van der Waals surface area contributed by atoms with Gasteiger partial charge in [0.2, 0.25) is 0 Å². The summed E-state index contributed by atoms with van der Waals surface area (Å²) in [7, 11) is 4.50. The number of aromatic nitrogens is 6. The van der Waals surface area contributed by atoms with Gasteiger partial charge in [0, 0.05) is 66.5 Å². The minimum Gasteiger partial charge on any atom is -0.444 e. The van der Waals surface area contributed by atoms with Crippen LogP contribution in [0.15, 0.2) is 162 Å². The molecule has 11 aromatic rings. The molecule has 6 heterocycles. The number of hydrogen-bond acceptors (Lipinski definition) is 13. The van der Waals surface area contributed by atoms with Crippen molar-refractivity contribution in [2.24, 2.45) is 21.1 Å². The van der Waals surface area contributed by atoms with Gasteiger partial charge in [0.05, 0.1) is 52.3 Å². The van der Waals surface area contributed by atoms with E-state index < -0.39 is 24.1 Å². The van der Waals surface area contributed by atoms with Gasteiger partial charge in [0.15, 0.2) is 15.4 Å². The van der Waals surface area contributed by atoms with Crippen molar-refractivity contribution >= 4 is 163 Å². The van der Waals surface area contributed by atoms with Gasteiger partial charge in [-0.05, 0) is 114 Å². The lowest BCUT2D eigenvalue weighted by atomic mass is 9.86. The zero-order valence-electron chi connectivity index (χ0n) is 42.6. The number of ether oxygens (including phenoxy) is 1. The highest BCUT2D eigenvalue weighted by Gasteiger charge is 2.19. The fourth-order valence-electron chi connectivity index (χ4n) is 7.60. The zero-order chi connectivity index (χ0) is 56.3. The largest absolute Gasteiger partial charge is 0.505 e. The summed E-state index contributed by atoms with van der Waals surface area (Å²) in [5.41, 5.74) is 12.1. The van der Waals surface area contributed by atoms with Crippen LogP contribution in [0.5, 0.6) is 0 Å². The summed E-state index contributed by atoms with van der Waals surface area (Å²) in [5.74, 6) is -0.261. The van der Waals surface area contributed by atoms with Gasteiger partial charge < -0.3 is 34.2 Å². The summed E-state index contributed by atoms with van der Waals surface area (Å²) in [6.45, 7) is 5.43. The fourth-order valence-corrected chi connectivity index (χ4v) is 10.9. The van der Waals surface area contributed by atoms with Gasteiger partial charge in [-0.15, -0.1) is 0 Å². The third kappa shape index (κ3) is 15.5. The van der Waals surface area contributed by atoms with Crippen LogP contribution in [-0.2, 0) is 25.9 Å². The molecule has 400 valence electrons. The number of carbonyl (C=O) groups is 3. The number of anilines is 3. The van der Waals surface area contributed by atoms with Gasteiger partial charge in [-0.2, -0.15) is 0 Å². The number of amides is 2. The highest BCUT2D eigenvalue weighted by molar-refractivity contribution is 9.11. The number of hydrogen-bond donors (Lipinski definition) is 5. The molecular weight excluding hydrogens is 1180 g/mol. The summed E-state index contributed by atoms with van der Waals surface area (Å²) in [6.07, 6.45) is 4.74. The predicted molar refractivity (Wildman–Crippen MR) is 326 cm³/mol. The lowest BCUT2D eigenvalue weighted by molar-refractivity contribution is 0.0635. The molecule has 0 aliphatic heterocycles. The average Bonchev–Trinajstić information content (AvgIpc) is 4.37. The number of thiazole rings is 3. The van der Waals surface area contributed by atoms with Crippen molar-refractivity contribution in [3.8, 4) is 21.1 Å². The quantitative estimate of drug-likeness (QED) is 0.0754. The van der Waals surface area contributed by atoms with E-state index in [0.29, 0.717) is 42.2 Å². The first kappa shape index (κ1) is 58.8. The van der Waals surface area contributed by atoms with Gasteiger partial charge >= 0.3 is 13.2 Å². The fraction of sp³-hybridized carbons (Fsp3) is 0.127. The van der Waals surface area contributed by atoms with Crippen molar-refractivity contribution in [2.75, 3.05) is 16.4 Å². The van der Waals surface area contributed by atoms with Gasteiger partial charge in [-0.1, -0.05) is 136 Å². The van der Waals surface area contributed by atoms with Gasteiger partial charge in [0.1, 0.15) is 5.60 Å². The molecule has 23 heteroatoms. The van der Waals surface area contributed by atoms with E-state index in [1.54, 1.807) is 71.6 Å². The number of para-hydroxylation sites is 3. The van der Waals surface area contributed by atoms with Crippen LogP contribution in [0.4, 0.5) is 20.2 Å². The first-order valence-electron chi connectivity index (χ1n) is 23.5. The Morgan fingerprint density at radius 3 is 1.50 bits per heavy atom. The molecule has 6 aromatic heterocycles. The van der Waals surface area contributed by atoms with Crippen LogP contribution in [0.3, 0.4) is 0 Å². The highest BCUT2D eigenvalue weighted by Crippen LogP contribution is 2.34. The molecule has 0 bridgehead atoms. The Bertz CT molecular complexity index is 3870. The number of nitrogens with zero attached hydrogens (tertiary/aromatic N) is 6. The van der Waals surface area contributed by atoms with Crippen LogP contribution in [0.25, 0.3) is 53.9 Å². The van der Waals surface area contributed by atoms with Crippen molar-refractivity contribution in [3.05, 3.63) is 183 Å². The maximum absolute atomic E-state index is 12.4. The molecule has 0 radical (unpaired) electrons.